The third-order valence-electron chi connectivity index (χ3n) is 3.75. The van der Waals surface area contributed by atoms with Crippen LogP contribution in [-0.2, 0) is 9.59 Å². The van der Waals surface area contributed by atoms with E-state index in [4.69, 9.17) is 0 Å². The van der Waals surface area contributed by atoms with Gasteiger partial charge in [-0.15, -0.1) is 0 Å². The van der Waals surface area contributed by atoms with Gasteiger partial charge in [0.15, 0.2) is 5.78 Å². The molecule has 1 heterocycles. The van der Waals surface area contributed by atoms with Crippen molar-refractivity contribution in [2.75, 3.05) is 13.1 Å². The van der Waals surface area contributed by atoms with Crippen molar-refractivity contribution < 1.29 is 14.4 Å². The maximum absolute atomic E-state index is 11.9. The number of nitrogens with zero attached hydrogens (tertiary/aromatic N) is 1. The minimum atomic E-state index is -0.150. The molecule has 0 aromatic heterocycles. The molecule has 0 radical (unpaired) electrons. The summed E-state index contributed by atoms with van der Waals surface area (Å²) >= 11 is 0. The van der Waals surface area contributed by atoms with E-state index in [0.717, 1.165) is 13.0 Å². The fourth-order valence-electron chi connectivity index (χ4n) is 2.62. The van der Waals surface area contributed by atoms with Crippen LogP contribution in [0.1, 0.15) is 43.0 Å². The molecule has 118 valence electrons. The number of Topliss-reactive ketones (excluding diaryl/α,β-unsaturated/α-hetero) is 1. The molecule has 1 N–H and O–H groups in total. The standard InChI is InChI=1S/C17H22N2O3/c1-13(12-19-11-5-8-17(19)22)18-16(21)10-9-15(20)14-6-3-2-4-7-14/h2-4,6-7,13H,5,8-12H2,1H3,(H,18,21)/t13-/m0/s1. The van der Waals surface area contributed by atoms with E-state index in [0.29, 0.717) is 18.5 Å². The monoisotopic (exact) mass is 302 g/mol. The Balaban J connectivity index is 1.71. The van der Waals surface area contributed by atoms with E-state index in [9.17, 15) is 14.4 Å². The highest BCUT2D eigenvalue weighted by atomic mass is 16.2. The number of carbonyl (C=O) groups is 3. The average molecular weight is 302 g/mol. The second kappa shape index (κ2) is 7.73. The summed E-state index contributed by atoms with van der Waals surface area (Å²) < 4.78 is 0. The molecule has 0 saturated carbocycles. The number of hydrogen-bond donors (Lipinski definition) is 1. The fraction of sp³-hybridized carbons (Fsp3) is 0.471. The van der Waals surface area contributed by atoms with Gasteiger partial charge in [-0.05, 0) is 13.3 Å². The third-order valence-corrected chi connectivity index (χ3v) is 3.75. The Morgan fingerprint density at radius 1 is 1.23 bits per heavy atom. The molecule has 1 atom stereocenters. The van der Waals surface area contributed by atoms with Gasteiger partial charge in [-0.2, -0.15) is 0 Å². The van der Waals surface area contributed by atoms with Gasteiger partial charge in [0.25, 0.3) is 0 Å². The van der Waals surface area contributed by atoms with E-state index in [1.807, 2.05) is 25.1 Å². The van der Waals surface area contributed by atoms with Crippen molar-refractivity contribution in [1.82, 2.24) is 10.2 Å². The molecule has 1 aliphatic heterocycles. The summed E-state index contributed by atoms with van der Waals surface area (Å²) in [6, 6.07) is 8.88. The zero-order valence-corrected chi connectivity index (χ0v) is 12.9. The summed E-state index contributed by atoms with van der Waals surface area (Å²) in [5.41, 5.74) is 0.631. The lowest BCUT2D eigenvalue weighted by Gasteiger charge is -2.21. The molecule has 1 fully saturated rings. The molecule has 0 unspecified atom stereocenters. The Hall–Kier alpha value is -2.17. The van der Waals surface area contributed by atoms with Crippen molar-refractivity contribution >= 4 is 17.6 Å². The number of nitrogens with one attached hydrogen (secondary N) is 1. The minimum absolute atomic E-state index is 0.0295. The molecular weight excluding hydrogens is 280 g/mol. The lowest BCUT2D eigenvalue weighted by molar-refractivity contribution is -0.129. The van der Waals surface area contributed by atoms with E-state index in [1.165, 1.54) is 0 Å². The number of likely N-dealkylation sites (tertiary alicyclic amines) is 1. The Morgan fingerprint density at radius 2 is 1.95 bits per heavy atom. The molecule has 2 rings (SSSR count). The van der Waals surface area contributed by atoms with Crippen molar-refractivity contribution in [3.05, 3.63) is 35.9 Å². The van der Waals surface area contributed by atoms with Crippen LogP contribution < -0.4 is 5.32 Å². The summed E-state index contributed by atoms with van der Waals surface area (Å²) in [6.07, 6.45) is 1.87. The molecule has 1 aliphatic rings. The summed E-state index contributed by atoms with van der Waals surface area (Å²) in [7, 11) is 0. The van der Waals surface area contributed by atoms with Gasteiger partial charge in [-0.3, -0.25) is 14.4 Å². The molecule has 5 nitrogen and oxygen atoms in total. The van der Waals surface area contributed by atoms with Crippen molar-refractivity contribution in [2.45, 2.75) is 38.6 Å². The van der Waals surface area contributed by atoms with Crippen LogP contribution in [0.5, 0.6) is 0 Å². The quantitative estimate of drug-likeness (QED) is 0.781. The molecule has 2 amide bonds. The van der Waals surface area contributed by atoms with Crippen LogP contribution in [0, 0.1) is 0 Å². The van der Waals surface area contributed by atoms with E-state index in [1.54, 1.807) is 17.0 Å². The zero-order valence-electron chi connectivity index (χ0n) is 12.9. The van der Waals surface area contributed by atoms with Gasteiger partial charge in [0, 0.05) is 44.0 Å². The predicted molar refractivity (Wildman–Crippen MR) is 83.4 cm³/mol. The van der Waals surface area contributed by atoms with Crippen LogP contribution in [-0.4, -0.2) is 41.6 Å². The van der Waals surface area contributed by atoms with Crippen LogP contribution in [0.4, 0.5) is 0 Å². The smallest absolute Gasteiger partial charge is 0.222 e. The van der Waals surface area contributed by atoms with Crippen LogP contribution in [0.3, 0.4) is 0 Å². The average Bonchev–Trinajstić information content (AvgIpc) is 2.90. The van der Waals surface area contributed by atoms with Gasteiger partial charge in [0.2, 0.25) is 11.8 Å². The van der Waals surface area contributed by atoms with Crippen molar-refractivity contribution in [2.24, 2.45) is 0 Å². The van der Waals surface area contributed by atoms with Crippen LogP contribution >= 0.6 is 0 Å². The number of carbonyl (C=O) groups excluding carboxylic acids is 3. The Morgan fingerprint density at radius 3 is 2.59 bits per heavy atom. The maximum atomic E-state index is 11.9. The lowest BCUT2D eigenvalue weighted by Crippen LogP contribution is -2.42. The number of amides is 2. The number of ketones is 1. The molecule has 22 heavy (non-hydrogen) atoms. The minimum Gasteiger partial charge on any atom is -0.352 e. The van der Waals surface area contributed by atoms with Crippen LogP contribution in [0.15, 0.2) is 30.3 Å². The summed E-state index contributed by atoms with van der Waals surface area (Å²) in [4.78, 5) is 37.1. The molecule has 1 aromatic carbocycles. The van der Waals surface area contributed by atoms with E-state index in [2.05, 4.69) is 5.32 Å². The van der Waals surface area contributed by atoms with Gasteiger partial charge in [0.05, 0.1) is 0 Å². The summed E-state index contributed by atoms with van der Waals surface area (Å²) in [6.45, 7) is 3.19. The van der Waals surface area contributed by atoms with Crippen LogP contribution in [0.25, 0.3) is 0 Å². The highest BCUT2D eigenvalue weighted by molar-refractivity contribution is 5.97. The number of rotatable bonds is 7. The van der Waals surface area contributed by atoms with Crippen LogP contribution in [0.2, 0.25) is 0 Å². The van der Waals surface area contributed by atoms with Crippen molar-refractivity contribution in [1.29, 1.82) is 0 Å². The lowest BCUT2D eigenvalue weighted by atomic mass is 10.1. The van der Waals surface area contributed by atoms with Gasteiger partial charge in [0.1, 0.15) is 0 Å². The first-order valence-electron chi connectivity index (χ1n) is 7.71. The Kier molecular flexibility index (Phi) is 5.69. The topological polar surface area (TPSA) is 66.5 Å². The SMILES string of the molecule is C[C@@H](CN1CCCC1=O)NC(=O)CCC(=O)c1ccccc1. The maximum Gasteiger partial charge on any atom is 0.222 e. The van der Waals surface area contributed by atoms with Crippen molar-refractivity contribution in [3.63, 3.8) is 0 Å². The van der Waals surface area contributed by atoms with Crippen molar-refractivity contribution in [3.8, 4) is 0 Å². The van der Waals surface area contributed by atoms with E-state index >= 15 is 0 Å². The highest BCUT2D eigenvalue weighted by Crippen LogP contribution is 2.10. The molecule has 1 aromatic rings. The first-order chi connectivity index (χ1) is 10.6. The molecular formula is C17H22N2O3. The second-order valence-corrected chi connectivity index (χ2v) is 5.70. The van der Waals surface area contributed by atoms with E-state index < -0.39 is 0 Å². The van der Waals surface area contributed by atoms with Gasteiger partial charge in [-0.25, -0.2) is 0 Å². The van der Waals surface area contributed by atoms with Gasteiger partial charge in [-0.1, -0.05) is 30.3 Å². The summed E-state index contributed by atoms with van der Waals surface area (Å²) in [5, 5.41) is 2.85. The van der Waals surface area contributed by atoms with E-state index in [-0.39, 0.29) is 36.5 Å². The molecule has 0 aliphatic carbocycles. The zero-order chi connectivity index (χ0) is 15.9. The Labute approximate surface area is 130 Å². The second-order valence-electron chi connectivity index (χ2n) is 5.70. The first kappa shape index (κ1) is 16.2. The van der Waals surface area contributed by atoms with Gasteiger partial charge < -0.3 is 10.2 Å². The highest BCUT2D eigenvalue weighted by Gasteiger charge is 2.22. The van der Waals surface area contributed by atoms with Gasteiger partial charge >= 0.3 is 0 Å². The molecule has 1 saturated heterocycles. The first-order valence-corrected chi connectivity index (χ1v) is 7.71. The number of benzene rings is 1. The molecule has 0 spiro atoms. The largest absolute Gasteiger partial charge is 0.352 e. The number of hydrogen-bond acceptors (Lipinski definition) is 3. The predicted octanol–water partition coefficient (Wildman–Crippen LogP) is 1.78. The third kappa shape index (κ3) is 4.69. The summed E-state index contributed by atoms with van der Waals surface area (Å²) in [5.74, 6) is -0.0260. The normalized spacial score (nSPS) is 15.7. The Bertz CT molecular complexity index is 542. The molecule has 5 heteroatoms. The molecule has 0 bridgehead atoms. The fourth-order valence-corrected chi connectivity index (χ4v) is 2.62.